The van der Waals surface area contributed by atoms with Crippen molar-refractivity contribution in [2.24, 2.45) is 0 Å². The molecule has 0 fully saturated rings. The van der Waals surface area contributed by atoms with Crippen LogP contribution in [0.1, 0.15) is 33.6 Å². The molecule has 0 saturated heterocycles. The van der Waals surface area contributed by atoms with E-state index >= 15 is 0 Å². The molecule has 5 rings (SSSR count). The number of hydrogen-bond acceptors (Lipinski definition) is 4. The molecule has 2 aromatic heterocycles. The molecular formula is C29H22ClF4N5O. The fraction of sp³-hybridized carbons (Fsp3) is 0.207. The van der Waals surface area contributed by atoms with E-state index in [1.165, 1.54) is 16.7 Å². The molecule has 0 spiro atoms. The zero-order valence-electron chi connectivity index (χ0n) is 21.0. The molecule has 204 valence electrons. The molecule has 1 aliphatic heterocycles. The van der Waals surface area contributed by atoms with Crippen molar-refractivity contribution < 1.29 is 22.4 Å². The highest BCUT2D eigenvalue weighted by molar-refractivity contribution is 6.30. The number of amides is 1. The van der Waals surface area contributed by atoms with E-state index in [1.54, 1.807) is 36.4 Å². The van der Waals surface area contributed by atoms with Gasteiger partial charge in [-0.25, -0.2) is 9.18 Å². The molecular weight excluding hydrogens is 546 g/mol. The number of fused-ring (bicyclic) bond motifs is 3. The fourth-order valence-corrected chi connectivity index (χ4v) is 4.99. The van der Waals surface area contributed by atoms with E-state index in [0.29, 0.717) is 47.7 Å². The Morgan fingerprint density at radius 3 is 2.75 bits per heavy atom. The van der Waals surface area contributed by atoms with Crippen molar-refractivity contribution in [1.82, 2.24) is 19.8 Å². The van der Waals surface area contributed by atoms with Crippen LogP contribution in [-0.4, -0.2) is 33.6 Å². The largest absolute Gasteiger partial charge is 0.433 e. The van der Waals surface area contributed by atoms with Crippen molar-refractivity contribution in [3.8, 4) is 6.07 Å². The van der Waals surface area contributed by atoms with Crippen LogP contribution in [0.25, 0.3) is 17.0 Å². The number of nitrogens with zero attached hydrogens (tertiary/aromatic N) is 4. The molecule has 6 nitrogen and oxygen atoms in total. The third-order valence-electron chi connectivity index (χ3n) is 6.74. The summed E-state index contributed by atoms with van der Waals surface area (Å²) in [5.74, 6) is -0.413. The van der Waals surface area contributed by atoms with Gasteiger partial charge in [0.25, 0.3) is 0 Å². The highest BCUT2D eigenvalue weighted by Crippen LogP contribution is 2.32. The normalized spacial score (nSPS) is 13.9. The van der Waals surface area contributed by atoms with Crippen molar-refractivity contribution in [2.45, 2.75) is 25.7 Å². The summed E-state index contributed by atoms with van der Waals surface area (Å²) >= 11 is 5.82. The standard InChI is InChI=1S/C29H22ClF4N5O/c30-21-5-4-20(24(31)14-21)2-1-10-38-11-8-26-23(17-38)22-12-18(15-35)3-6-25(22)39(26)28(40)37-16-19-7-9-36-27(13-19)29(32,33)34/h1-7,9,12-14H,8,10-11,16-17H2,(H,37,40). The van der Waals surface area contributed by atoms with Gasteiger partial charge in [-0.3, -0.25) is 14.5 Å². The Kier molecular flexibility index (Phi) is 7.61. The van der Waals surface area contributed by atoms with E-state index in [4.69, 9.17) is 11.6 Å². The van der Waals surface area contributed by atoms with E-state index in [-0.39, 0.29) is 12.1 Å². The highest BCUT2D eigenvalue weighted by Gasteiger charge is 2.32. The number of rotatable bonds is 5. The number of benzene rings is 2. The van der Waals surface area contributed by atoms with Gasteiger partial charge in [0.05, 0.1) is 17.1 Å². The summed E-state index contributed by atoms with van der Waals surface area (Å²) in [4.78, 5) is 18.8. The number of nitrogens with one attached hydrogen (secondary N) is 1. The number of hydrogen-bond donors (Lipinski definition) is 1. The lowest BCUT2D eigenvalue weighted by atomic mass is 10.0. The van der Waals surface area contributed by atoms with Crippen molar-refractivity contribution in [1.29, 1.82) is 5.26 Å². The van der Waals surface area contributed by atoms with E-state index < -0.39 is 23.7 Å². The van der Waals surface area contributed by atoms with Crippen LogP contribution >= 0.6 is 11.6 Å². The monoisotopic (exact) mass is 567 g/mol. The third kappa shape index (κ3) is 5.71. The third-order valence-corrected chi connectivity index (χ3v) is 6.98. The van der Waals surface area contributed by atoms with E-state index in [9.17, 15) is 27.6 Å². The Balaban J connectivity index is 1.38. The lowest BCUT2D eigenvalue weighted by Crippen LogP contribution is -2.34. The molecule has 2 aromatic carbocycles. The second-order valence-electron chi connectivity index (χ2n) is 9.36. The number of alkyl halides is 3. The molecule has 11 heteroatoms. The lowest BCUT2D eigenvalue weighted by molar-refractivity contribution is -0.141. The molecule has 40 heavy (non-hydrogen) atoms. The summed E-state index contributed by atoms with van der Waals surface area (Å²) in [6.07, 6.45) is 0.544. The highest BCUT2D eigenvalue weighted by atomic mass is 35.5. The lowest BCUT2D eigenvalue weighted by Gasteiger charge is -2.27. The first-order valence-corrected chi connectivity index (χ1v) is 12.7. The first-order valence-electron chi connectivity index (χ1n) is 12.3. The average Bonchev–Trinajstić information content (AvgIpc) is 3.25. The molecule has 3 heterocycles. The first kappa shape index (κ1) is 27.4. The second-order valence-corrected chi connectivity index (χ2v) is 9.80. The smallest absolute Gasteiger partial charge is 0.333 e. The van der Waals surface area contributed by atoms with Gasteiger partial charge in [0.15, 0.2) is 0 Å². The zero-order chi connectivity index (χ0) is 28.4. The number of carbonyl (C=O) groups excluding carboxylic acids is 1. The molecule has 1 aliphatic rings. The van der Waals surface area contributed by atoms with Crippen LogP contribution in [0, 0.1) is 17.1 Å². The molecule has 1 N–H and O–H groups in total. The van der Waals surface area contributed by atoms with Crippen LogP contribution in [0.5, 0.6) is 0 Å². The van der Waals surface area contributed by atoms with Gasteiger partial charge < -0.3 is 5.32 Å². The zero-order valence-corrected chi connectivity index (χ0v) is 21.7. The van der Waals surface area contributed by atoms with Crippen molar-refractivity contribution in [3.63, 3.8) is 0 Å². The predicted molar refractivity (Wildman–Crippen MR) is 143 cm³/mol. The van der Waals surface area contributed by atoms with Crippen LogP contribution in [0.3, 0.4) is 0 Å². The summed E-state index contributed by atoms with van der Waals surface area (Å²) in [5.41, 5.74) is 2.38. The molecule has 4 aromatic rings. The van der Waals surface area contributed by atoms with Gasteiger partial charge in [0, 0.05) is 60.5 Å². The molecule has 0 bridgehead atoms. The Morgan fingerprint density at radius 1 is 1.18 bits per heavy atom. The first-order chi connectivity index (χ1) is 19.1. The molecule has 0 unspecified atom stereocenters. The van der Waals surface area contributed by atoms with E-state index in [1.807, 2.05) is 6.08 Å². The van der Waals surface area contributed by atoms with Gasteiger partial charge in [0.1, 0.15) is 11.5 Å². The van der Waals surface area contributed by atoms with Crippen LogP contribution in [-0.2, 0) is 25.7 Å². The minimum atomic E-state index is -4.59. The van der Waals surface area contributed by atoms with E-state index in [0.717, 1.165) is 28.9 Å². The predicted octanol–water partition coefficient (Wildman–Crippen LogP) is 6.55. The summed E-state index contributed by atoms with van der Waals surface area (Å²) in [6.45, 7) is 1.53. The van der Waals surface area contributed by atoms with Crippen LogP contribution in [0.2, 0.25) is 5.02 Å². The molecule has 0 saturated carbocycles. The Morgan fingerprint density at radius 2 is 2.00 bits per heavy atom. The van der Waals surface area contributed by atoms with Gasteiger partial charge in [-0.1, -0.05) is 29.8 Å². The second kappa shape index (κ2) is 11.1. The minimum Gasteiger partial charge on any atom is -0.333 e. The number of carbonyl (C=O) groups is 1. The van der Waals surface area contributed by atoms with Gasteiger partial charge in [-0.2, -0.15) is 18.4 Å². The van der Waals surface area contributed by atoms with Crippen molar-refractivity contribution in [2.75, 3.05) is 13.1 Å². The van der Waals surface area contributed by atoms with Gasteiger partial charge in [0.2, 0.25) is 0 Å². The molecule has 0 atom stereocenters. The van der Waals surface area contributed by atoms with E-state index in [2.05, 4.69) is 21.3 Å². The number of pyridine rings is 1. The summed E-state index contributed by atoms with van der Waals surface area (Å²) in [5, 5.41) is 13.2. The summed E-state index contributed by atoms with van der Waals surface area (Å²) in [6, 6.07) is 13.5. The van der Waals surface area contributed by atoms with Crippen LogP contribution in [0.4, 0.5) is 22.4 Å². The maximum Gasteiger partial charge on any atom is 0.433 e. The maximum atomic E-state index is 14.1. The number of nitriles is 1. The molecule has 0 radical (unpaired) electrons. The topological polar surface area (TPSA) is 74.0 Å². The molecule has 0 aliphatic carbocycles. The van der Waals surface area contributed by atoms with Gasteiger partial charge >= 0.3 is 12.2 Å². The Labute approximate surface area is 232 Å². The Hall–Kier alpha value is -4.20. The minimum absolute atomic E-state index is 0.118. The van der Waals surface area contributed by atoms with Gasteiger partial charge in [-0.15, -0.1) is 0 Å². The van der Waals surface area contributed by atoms with Crippen LogP contribution in [0.15, 0.2) is 60.8 Å². The summed E-state index contributed by atoms with van der Waals surface area (Å²) < 4.78 is 54.8. The maximum absolute atomic E-state index is 14.1. The number of halogens is 5. The van der Waals surface area contributed by atoms with Crippen molar-refractivity contribution >= 4 is 34.6 Å². The van der Waals surface area contributed by atoms with Crippen LogP contribution < -0.4 is 5.32 Å². The number of aromatic nitrogens is 2. The Bertz CT molecular complexity index is 1670. The van der Waals surface area contributed by atoms with Gasteiger partial charge in [-0.05, 0) is 53.6 Å². The average molecular weight is 568 g/mol. The van der Waals surface area contributed by atoms with Crippen molar-refractivity contribution in [3.05, 3.63) is 105 Å². The SMILES string of the molecule is N#Cc1ccc2c(c1)c1c(n2C(=O)NCc2ccnc(C(F)(F)F)c2)CCN(CC=Cc2ccc(Cl)cc2F)C1. The summed E-state index contributed by atoms with van der Waals surface area (Å²) in [7, 11) is 0. The molecule has 1 amide bonds. The quantitative estimate of drug-likeness (QED) is 0.278. The fourth-order valence-electron chi connectivity index (χ4n) is 4.83.